The normalized spacial score (nSPS) is 21.0. The molecule has 0 bridgehead atoms. The molecule has 1 unspecified atom stereocenters. The van der Waals surface area contributed by atoms with E-state index in [9.17, 15) is 28.8 Å². The maximum absolute atomic E-state index is 13.2. The summed E-state index contributed by atoms with van der Waals surface area (Å²) in [5, 5.41) is 6.36. The van der Waals surface area contributed by atoms with E-state index in [1.807, 2.05) is 30.3 Å². The molecule has 0 aromatic heterocycles. The first-order valence-electron chi connectivity index (χ1n) is 19.3. The van der Waals surface area contributed by atoms with Crippen molar-refractivity contribution in [1.82, 2.24) is 20.0 Å². The topological polar surface area (TPSA) is 164 Å². The van der Waals surface area contributed by atoms with Crippen LogP contribution >= 0.6 is 0 Å². The molecular weight excluding hydrogens is 706 g/mol. The van der Waals surface area contributed by atoms with Gasteiger partial charge in [0.1, 0.15) is 5.78 Å². The molecule has 2 aromatic rings. The van der Waals surface area contributed by atoms with Crippen molar-refractivity contribution in [2.24, 2.45) is 0 Å². The number of hydrogen-bond acceptors (Lipinski definition) is 13. The molecular formula is C41H51N5O9. The minimum atomic E-state index is -0.899. The Hall–Kier alpha value is -4.60. The summed E-state index contributed by atoms with van der Waals surface area (Å²) >= 11 is 0. The van der Waals surface area contributed by atoms with Gasteiger partial charge in [0, 0.05) is 83.5 Å². The molecule has 2 aliphatic heterocycles. The first-order chi connectivity index (χ1) is 26.8. The molecule has 2 aromatic carbocycles. The molecule has 14 heteroatoms. The third kappa shape index (κ3) is 10.6. The van der Waals surface area contributed by atoms with Gasteiger partial charge < -0.3 is 24.8 Å². The number of carbonyl (C=O) groups excluding carboxylic acids is 6. The van der Waals surface area contributed by atoms with Crippen LogP contribution in [0.15, 0.2) is 60.3 Å². The van der Waals surface area contributed by atoms with Gasteiger partial charge in [-0.3, -0.25) is 43.5 Å². The van der Waals surface area contributed by atoms with Gasteiger partial charge in [0.05, 0.1) is 68.8 Å². The van der Waals surface area contributed by atoms with Crippen LogP contribution in [0.3, 0.4) is 0 Å². The molecule has 1 atom stereocenters. The molecule has 6 rings (SSSR count). The predicted molar refractivity (Wildman–Crippen MR) is 203 cm³/mol. The van der Waals surface area contributed by atoms with Crippen LogP contribution in [0.25, 0.3) is 0 Å². The highest BCUT2D eigenvalue weighted by atomic mass is 16.5. The van der Waals surface area contributed by atoms with Gasteiger partial charge in [-0.25, -0.2) is 0 Å². The Morgan fingerprint density at radius 2 is 1.35 bits per heavy atom. The lowest BCUT2D eigenvalue weighted by molar-refractivity contribution is -0.133. The Morgan fingerprint density at radius 1 is 0.691 bits per heavy atom. The van der Waals surface area contributed by atoms with E-state index in [4.69, 9.17) is 14.2 Å². The lowest BCUT2D eigenvalue weighted by Gasteiger charge is -2.34. The highest BCUT2D eigenvalue weighted by Crippen LogP contribution is 2.33. The number of hydrogen-bond donors (Lipinski definition) is 2. The number of ether oxygens (including phenoxy) is 3. The van der Waals surface area contributed by atoms with Crippen LogP contribution in [0.2, 0.25) is 0 Å². The van der Waals surface area contributed by atoms with Crippen LogP contribution in [0, 0.1) is 0 Å². The summed E-state index contributed by atoms with van der Waals surface area (Å²) in [4.78, 5) is 81.4. The minimum absolute atomic E-state index is 0.0389. The Labute approximate surface area is 321 Å². The molecule has 2 N–H and O–H groups in total. The molecule has 55 heavy (non-hydrogen) atoms. The number of nitrogens with one attached hydrogen (secondary N) is 2. The molecule has 14 nitrogen and oxygen atoms in total. The van der Waals surface area contributed by atoms with Crippen LogP contribution in [0.4, 0.5) is 5.69 Å². The van der Waals surface area contributed by atoms with Crippen LogP contribution in [0.5, 0.6) is 0 Å². The van der Waals surface area contributed by atoms with Crippen LogP contribution in [-0.4, -0.2) is 148 Å². The number of amides is 2. The summed E-state index contributed by atoms with van der Waals surface area (Å²) < 4.78 is 17.0. The molecule has 2 aliphatic carbocycles. The van der Waals surface area contributed by atoms with Crippen LogP contribution < -0.4 is 10.6 Å². The molecule has 294 valence electrons. The fraction of sp³-hybridized carbons (Fsp3) is 0.512. The van der Waals surface area contributed by atoms with Crippen molar-refractivity contribution in [2.75, 3.05) is 97.3 Å². The maximum atomic E-state index is 13.2. The Morgan fingerprint density at radius 3 is 2.04 bits per heavy atom. The van der Waals surface area contributed by atoms with Crippen molar-refractivity contribution in [1.29, 1.82) is 0 Å². The fourth-order valence-corrected chi connectivity index (χ4v) is 7.51. The van der Waals surface area contributed by atoms with E-state index in [0.717, 1.165) is 49.7 Å². The van der Waals surface area contributed by atoms with E-state index in [2.05, 4.69) is 20.4 Å². The number of fused-ring (bicyclic) bond motifs is 1. The number of benzene rings is 2. The molecule has 1 saturated heterocycles. The fourth-order valence-electron chi connectivity index (χ4n) is 7.51. The lowest BCUT2D eigenvalue weighted by atomic mass is 9.80. The van der Waals surface area contributed by atoms with Gasteiger partial charge >= 0.3 is 0 Å². The highest BCUT2D eigenvalue weighted by molar-refractivity contribution is 6.26. The van der Waals surface area contributed by atoms with Crippen molar-refractivity contribution in [3.05, 3.63) is 77.0 Å². The summed E-state index contributed by atoms with van der Waals surface area (Å²) in [6.45, 7) is 9.32. The van der Waals surface area contributed by atoms with E-state index >= 15 is 0 Å². The van der Waals surface area contributed by atoms with Crippen molar-refractivity contribution >= 4 is 40.6 Å². The number of rotatable bonds is 19. The summed E-state index contributed by atoms with van der Waals surface area (Å²) in [7, 11) is 0. The standard InChI is InChI=1S/C41H51N5O9/c47-31-9-10-35(38(50)27-31)46-40(51)32-7-4-8-34(39(32)41(46)52)43-12-19-53-21-23-55-24-22-54-20-18-45-16-14-44(15-17-45)13-11-42-28-33-36(48)25-30(26-37(33)49)29-5-2-1-3-6-29/h1-8,28,30,35,42-43H,9-27H2. The van der Waals surface area contributed by atoms with Gasteiger partial charge in [-0.2, -0.15) is 0 Å². The van der Waals surface area contributed by atoms with E-state index in [0.29, 0.717) is 76.8 Å². The largest absolute Gasteiger partial charge is 0.389 e. The van der Waals surface area contributed by atoms with E-state index < -0.39 is 23.6 Å². The average Bonchev–Trinajstić information content (AvgIpc) is 3.44. The van der Waals surface area contributed by atoms with Gasteiger partial charge in [-0.1, -0.05) is 36.4 Å². The molecule has 0 radical (unpaired) electrons. The second-order valence-corrected chi connectivity index (χ2v) is 14.3. The van der Waals surface area contributed by atoms with Crippen LogP contribution in [-0.2, 0) is 33.4 Å². The lowest BCUT2D eigenvalue weighted by Crippen LogP contribution is -2.48. The Kier molecular flexibility index (Phi) is 14.4. The second kappa shape index (κ2) is 19.8. The zero-order valence-electron chi connectivity index (χ0n) is 31.3. The molecule has 2 heterocycles. The molecule has 4 aliphatic rings. The first-order valence-corrected chi connectivity index (χ1v) is 19.3. The minimum Gasteiger partial charge on any atom is -0.389 e. The van der Waals surface area contributed by atoms with E-state index in [1.54, 1.807) is 24.4 Å². The number of ketones is 4. The van der Waals surface area contributed by atoms with Crippen molar-refractivity contribution in [2.45, 2.75) is 44.1 Å². The molecule has 2 saturated carbocycles. The summed E-state index contributed by atoms with van der Waals surface area (Å²) in [5.41, 5.74) is 2.33. The van der Waals surface area contributed by atoms with Gasteiger partial charge in [0.2, 0.25) is 0 Å². The summed E-state index contributed by atoms with van der Waals surface area (Å²) in [6, 6.07) is 13.9. The number of allylic oxidation sites excluding steroid dienone is 1. The van der Waals surface area contributed by atoms with Crippen molar-refractivity contribution in [3.8, 4) is 0 Å². The number of carbonyl (C=O) groups is 6. The van der Waals surface area contributed by atoms with Gasteiger partial charge in [0.15, 0.2) is 17.3 Å². The van der Waals surface area contributed by atoms with Crippen molar-refractivity contribution in [3.63, 3.8) is 0 Å². The van der Waals surface area contributed by atoms with Gasteiger partial charge in [-0.15, -0.1) is 0 Å². The monoisotopic (exact) mass is 757 g/mol. The first kappa shape index (κ1) is 40.1. The number of anilines is 1. The smallest absolute Gasteiger partial charge is 0.264 e. The maximum Gasteiger partial charge on any atom is 0.264 e. The third-order valence-electron chi connectivity index (χ3n) is 10.6. The predicted octanol–water partition coefficient (Wildman–Crippen LogP) is 2.24. The molecule has 0 spiro atoms. The van der Waals surface area contributed by atoms with Crippen molar-refractivity contribution < 1.29 is 43.0 Å². The van der Waals surface area contributed by atoms with E-state index in [1.165, 1.54) is 0 Å². The SMILES string of the molecule is O=C1CCC(N2C(=O)c3cccc(NCCOCCOCCOCCN4CCN(CCNC=C5C(=O)CC(c6ccccc6)CC5=O)CC4)c3C2=O)C(=O)C1. The number of piperazine rings is 1. The van der Waals surface area contributed by atoms with Crippen LogP contribution in [0.1, 0.15) is 64.3 Å². The summed E-state index contributed by atoms with van der Waals surface area (Å²) in [5.74, 6) is -1.79. The highest BCUT2D eigenvalue weighted by Gasteiger charge is 2.45. The number of imide groups is 1. The Bertz CT molecular complexity index is 1720. The summed E-state index contributed by atoms with van der Waals surface area (Å²) in [6.07, 6.45) is 2.45. The van der Waals surface area contributed by atoms with E-state index in [-0.39, 0.29) is 53.7 Å². The number of nitrogens with zero attached hydrogens (tertiary/aromatic N) is 3. The van der Waals surface area contributed by atoms with Gasteiger partial charge in [0.25, 0.3) is 11.8 Å². The second-order valence-electron chi connectivity index (χ2n) is 14.3. The average molecular weight is 758 g/mol. The van der Waals surface area contributed by atoms with Gasteiger partial charge in [-0.05, 0) is 30.0 Å². The molecule has 2 amide bonds. The zero-order valence-corrected chi connectivity index (χ0v) is 31.3. The molecule has 3 fully saturated rings. The number of Topliss-reactive ketones (excluding diaryl/α,β-unsaturated/α-hetero) is 4. The Balaban J connectivity index is 0.755. The quantitative estimate of drug-likeness (QED) is 0.0706. The third-order valence-corrected chi connectivity index (χ3v) is 10.6. The zero-order chi connectivity index (χ0) is 38.6.